The number of aryl methyl sites for hydroxylation is 1. The Balaban J connectivity index is 2.78. The lowest BCUT2D eigenvalue weighted by Crippen LogP contribution is -1.82. The van der Waals surface area contributed by atoms with E-state index in [9.17, 15) is 0 Å². The van der Waals surface area contributed by atoms with Crippen LogP contribution in [0.3, 0.4) is 0 Å². The Morgan fingerprint density at radius 1 is 1.50 bits per heavy atom. The minimum Gasteiger partial charge on any atom is -0.294 e. The molecule has 0 spiro atoms. The molecule has 0 aliphatic heterocycles. The summed E-state index contributed by atoms with van der Waals surface area (Å²) in [6.45, 7) is 2.10. The molecule has 2 rings (SSSR count). The Morgan fingerprint density at radius 3 is 3.00 bits per heavy atom. The third kappa shape index (κ3) is 1.05. The van der Waals surface area contributed by atoms with E-state index in [-0.39, 0.29) is 0 Å². The highest BCUT2D eigenvalue weighted by molar-refractivity contribution is 9.10. The largest absolute Gasteiger partial charge is 0.294 e. The number of hydrogen-bond acceptors (Lipinski definition) is 1. The van der Waals surface area contributed by atoms with Gasteiger partial charge in [0.05, 0.1) is 5.69 Å². The topological polar surface area (TPSA) is 17.3 Å². The molecule has 0 saturated heterocycles. The van der Waals surface area contributed by atoms with E-state index in [4.69, 9.17) is 0 Å². The van der Waals surface area contributed by atoms with E-state index in [1.54, 1.807) is 0 Å². The molecule has 62 valence electrons. The highest BCUT2D eigenvalue weighted by Crippen LogP contribution is 2.18. The van der Waals surface area contributed by atoms with Gasteiger partial charge in [-0.05, 0) is 34.5 Å². The van der Waals surface area contributed by atoms with Gasteiger partial charge >= 0.3 is 0 Å². The summed E-state index contributed by atoms with van der Waals surface area (Å²) in [6, 6.07) is 6.00. The van der Waals surface area contributed by atoms with Crippen LogP contribution in [-0.2, 0) is 6.42 Å². The summed E-state index contributed by atoms with van der Waals surface area (Å²) >= 11 is 3.51. The molecule has 0 aromatic carbocycles. The lowest BCUT2D eigenvalue weighted by molar-refractivity contribution is 1.05. The van der Waals surface area contributed by atoms with Gasteiger partial charge in [-0.25, -0.2) is 4.98 Å². The summed E-state index contributed by atoms with van der Waals surface area (Å²) in [7, 11) is 0. The van der Waals surface area contributed by atoms with E-state index in [2.05, 4.69) is 27.8 Å². The molecule has 0 aliphatic carbocycles. The van der Waals surface area contributed by atoms with Crippen LogP contribution in [0.15, 0.2) is 29.0 Å². The van der Waals surface area contributed by atoms with Crippen molar-refractivity contribution in [2.75, 3.05) is 0 Å². The van der Waals surface area contributed by atoms with Gasteiger partial charge < -0.3 is 0 Å². The number of pyridine rings is 1. The van der Waals surface area contributed by atoms with Crippen molar-refractivity contribution in [1.82, 2.24) is 9.38 Å². The van der Waals surface area contributed by atoms with Crippen molar-refractivity contribution in [2.45, 2.75) is 13.3 Å². The Morgan fingerprint density at radius 2 is 2.33 bits per heavy atom. The number of hydrogen-bond donors (Lipinski definition) is 0. The van der Waals surface area contributed by atoms with Crippen molar-refractivity contribution in [2.24, 2.45) is 0 Å². The minimum atomic E-state index is 0.961. The monoisotopic (exact) mass is 224 g/mol. The molecule has 0 radical (unpaired) electrons. The molecule has 2 heterocycles. The van der Waals surface area contributed by atoms with Crippen molar-refractivity contribution >= 4 is 21.6 Å². The molecule has 0 atom stereocenters. The zero-order chi connectivity index (χ0) is 8.55. The third-order valence-corrected chi connectivity index (χ3v) is 2.71. The van der Waals surface area contributed by atoms with E-state index in [1.165, 1.54) is 0 Å². The van der Waals surface area contributed by atoms with Crippen LogP contribution in [0.4, 0.5) is 0 Å². The van der Waals surface area contributed by atoms with Gasteiger partial charge in [-0.2, -0.15) is 0 Å². The van der Waals surface area contributed by atoms with Crippen LogP contribution < -0.4 is 0 Å². The molecule has 12 heavy (non-hydrogen) atoms. The van der Waals surface area contributed by atoms with E-state index in [0.29, 0.717) is 0 Å². The van der Waals surface area contributed by atoms with Gasteiger partial charge in [0.1, 0.15) is 10.3 Å². The summed E-state index contributed by atoms with van der Waals surface area (Å²) in [6.07, 6.45) is 2.97. The average Bonchev–Trinajstić information content (AvgIpc) is 2.44. The number of imidazole rings is 1. The number of nitrogens with zero attached hydrogens (tertiary/aromatic N) is 2. The first kappa shape index (κ1) is 7.80. The molecule has 0 unspecified atom stereocenters. The Kier molecular flexibility index (Phi) is 1.89. The maximum atomic E-state index is 4.45. The molecule has 0 aliphatic rings. The Bertz CT molecular complexity index is 406. The minimum absolute atomic E-state index is 0.961. The molecular weight excluding hydrogens is 216 g/mol. The van der Waals surface area contributed by atoms with Gasteiger partial charge in [0, 0.05) is 6.20 Å². The van der Waals surface area contributed by atoms with Crippen LogP contribution in [0.25, 0.3) is 5.65 Å². The van der Waals surface area contributed by atoms with Crippen LogP contribution in [-0.4, -0.2) is 9.38 Å². The molecule has 0 bridgehead atoms. The van der Waals surface area contributed by atoms with Crippen molar-refractivity contribution < 1.29 is 0 Å². The number of fused-ring (bicyclic) bond motifs is 1. The van der Waals surface area contributed by atoms with Crippen LogP contribution in [0.2, 0.25) is 0 Å². The van der Waals surface area contributed by atoms with Gasteiger partial charge in [-0.15, -0.1) is 0 Å². The first-order chi connectivity index (χ1) is 5.83. The smallest absolute Gasteiger partial charge is 0.137 e. The van der Waals surface area contributed by atoms with Crippen molar-refractivity contribution in [3.63, 3.8) is 0 Å². The molecule has 2 aromatic heterocycles. The summed E-state index contributed by atoms with van der Waals surface area (Å²) < 4.78 is 3.11. The fourth-order valence-corrected chi connectivity index (χ4v) is 1.91. The van der Waals surface area contributed by atoms with E-state index in [1.807, 2.05) is 28.8 Å². The van der Waals surface area contributed by atoms with Crippen LogP contribution >= 0.6 is 15.9 Å². The maximum Gasteiger partial charge on any atom is 0.137 e. The third-order valence-electron chi connectivity index (χ3n) is 1.87. The summed E-state index contributed by atoms with van der Waals surface area (Å²) in [5, 5.41) is 0. The van der Waals surface area contributed by atoms with Crippen LogP contribution in [0.1, 0.15) is 12.6 Å². The van der Waals surface area contributed by atoms with Crippen LogP contribution in [0, 0.1) is 0 Å². The molecule has 3 heteroatoms. The molecule has 0 amide bonds. The average molecular weight is 225 g/mol. The molecule has 0 N–H and O–H groups in total. The van der Waals surface area contributed by atoms with E-state index >= 15 is 0 Å². The SMILES string of the molecule is CCc1nc2ccccn2c1Br. The Hall–Kier alpha value is -0.830. The predicted molar refractivity (Wildman–Crippen MR) is 52.3 cm³/mol. The second-order valence-electron chi connectivity index (χ2n) is 2.63. The zero-order valence-electron chi connectivity index (χ0n) is 6.79. The fraction of sp³-hybridized carbons (Fsp3) is 0.222. The highest BCUT2D eigenvalue weighted by atomic mass is 79.9. The van der Waals surface area contributed by atoms with Crippen molar-refractivity contribution in [3.05, 3.63) is 34.7 Å². The summed E-state index contributed by atoms with van der Waals surface area (Å²) in [4.78, 5) is 4.45. The summed E-state index contributed by atoms with van der Waals surface area (Å²) in [5.74, 6) is 0. The lowest BCUT2D eigenvalue weighted by Gasteiger charge is -1.92. The van der Waals surface area contributed by atoms with Gasteiger partial charge in [-0.3, -0.25) is 4.40 Å². The van der Waals surface area contributed by atoms with E-state index < -0.39 is 0 Å². The van der Waals surface area contributed by atoms with Crippen molar-refractivity contribution in [1.29, 1.82) is 0 Å². The van der Waals surface area contributed by atoms with Gasteiger partial charge in [0.15, 0.2) is 0 Å². The summed E-state index contributed by atoms with van der Waals surface area (Å²) in [5.41, 5.74) is 2.11. The number of halogens is 1. The maximum absolute atomic E-state index is 4.45. The van der Waals surface area contributed by atoms with Gasteiger partial charge in [-0.1, -0.05) is 13.0 Å². The van der Waals surface area contributed by atoms with Gasteiger partial charge in [0.25, 0.3) is 0 Å². The zero-order valence-corrected chi connectivity index (χ0v) is 8.37. The van der Waals surface area contributed by atoms with E-state index in [0.717, 1.165) is 22.4 Å². The quantitative estimate of drug-likeness (QED) is 0.729. The molecule has 0 fully saturated rings. The second-order valence-corrected chi connectivity index (χ2v) is 3.38. The predicted octanol–water partition coefficient (Wildman–Crippen LogP) is 2.66. The first-order valence-electron chi connectivity index (χ1n) is 3.94. The second kappa shape index (κ2) is 2.90. The van der Waals surface area contributed by atoms with Crippen molar-refractivity contribution in [3.8, 4) is 0 Å². The molecule has 2 nitrogen and oxygen atoms in total. The molecular formula is C9H9BrN2. The number of rotatable bonds is 1. The Labute approximate surface area is 79.4 Å². The molecule has 0 saturated carbocycles. The normalized spacial score (nSPS) is 10.8. The van der Waals surface area contributed by atoms with Gasteiger partial charge in [0.2, 0.25) is 0 Å². The van der Waals surface area contributed by atoms with Crippen LogP contribution in [0.5, 0.6) is 0 Å². The number of aromatic nitrogens is 2. The fourth-order valence-electron chi connectivity index (χ4n) is 1.24. The lowest BCUT2D eigenvalue weighted by atomic mass is 10.4. The highest BCUT2D eigenvalue weighted by Gasteiger charge is 2.05. The molecule has 2 aromatic rings. The first-order valence-corrected chi connectivity index (χ1v) is 4.73. The standard InChI is InChI=1S/C9H9BrN2/c1-2-7-9(10)12-6-4-3-5-8(12)11-7/h3-6H,2H2,1H3.